The minimum Gasteiger partial charge on any atom is -0.329 e. The van der Waals surface area contributed by atoms with E-state index in [2.05, 4.69) is 114 Å². The van der Waals surface area contributed by atoms with E-state index >= 15 is 0 Å². The summed E-state index contributed by atoms with van der Waals surface area (Å²) in [6.45, 7) is 0. The van der Waals surface area contributed by atoms with Crippen LogP contribution < -0.4 is 4.90 Å². The van der Waals surface area contributed by atoms with Crippen molar-refractivity contribution in [2.75, 3.05) is 4.90 Å². The Morgan fingerprint density at radius 3 is 2.03 bits per heavy atom. The number of para-hydroxylation sites is 1. The second-order valence-electron chi connectivity index (χ2n) is 9.56. The van der Waals surface area contributed by atoms with Crippen LogP contribution in [-0.2, 0) is 12.8 Å². The molecule has 2 aliphatic carbocycles. The third-order valence-electron chi connectivity index (χ3n) is 7.76. The summed E-state index contributed by atoms with van der Waals surface area (Å²) in [5.41, 5.74) is 14.4. The van der Waals surface area contributed by atoms with E-state index in [9.17, 15) is 0 Å². The summed E-state index contributed by atoms with van der Waals surface area (Å²) >= 11 is 0. The van der Waals surface area contributed by atoms with Crippen molar-refractivity contribution in [1.29, 1.82) is 0 Å². The molecule has 0 bridgehead atoms. The number of fused-ring (bicyclic) bond motifs is 5. The molecule has 0 saturated carbocycles. The summed E-state index contributed by atoms with van der Waals surface area (Å²) in [6.07, 6.45) is 4.40. The molecule has 0 fully saturated rings. The normalized spacial score (nSPS) is 18.7. The van der Waals surface area contributed by atoms with E-state index in [4.69, 9.17) is 0 Å². The smallest absolute Gasteiger partial charge is 0.0817 e. The number of nitrogens with zero attached hydrogens (tertiary/aromatic N) is 1. The molecule has 4 aromatic carbocycles. The number of hydrogen-bond acceptors (Lipinski definition) is 1. The van der Waals surface area contributed by atoms with Crippen LogP contribution in [0.25, 0.3) is 11.3 Å². The van der Waals surface area contributed by atoms with E-state index in [-0.39, 0.29) is 6.04 Å². The summed E-state index contributed by atoms with van der Waals surface area (Å²) in [5, 5.41) is 0. The summed E-state index contributed by atoms with van der Waals surface area (Å²) in [7, 11) is 0. The lowest BCUT2D eigenvalue weighted by Gasteiger charge is -2.47. The van der Waals surface area contributed by atoms with Crippen LogP contribution in [0.1, 0.15) is 46.7 Å². The van der Waals surface area contributed by atoms with Crippen molar-refractivity contribution in [1.82, 2.24) is 0 Å². The van der Waals surface area contributed by atoms with Gasteiger partial charge in [0.25, 0.3) is 0 Å². The maximum atomic E-state index is 2.66. The van der Waals surface area contributed by atoms with Gasteiger partial charge in [-0.05, 0) is 76.8 Å². The lowest BCUT2D eigenvalue weighted by atomic mass is 9.71. The number of anilines is 1. The molecule has 0 unspecified atom stereocenters. The number of aryl methyl sites for hydroxylation is 2. The molecule has 0 N–H and O–H groups in total. The molecule has 7 rings (SSSR count). The minimum atomic E-state index is 0.215. The zero-order valence-corrected chi connectivity index (χ0v) is 19.2. The molecule has 1 aliphatic heterocycles. The van der Waals surface area contributed by atoms with Crippen LogP contribution in [0.2, 0.25) is 0 Å². The zero-order valence-electron chi connectivity index (χ0n) is 19.2. The molecule has 3 aliphatic rings. The van der Waals surface area contributed by atoms with Crippen molar-refractivity contribution < 1.29 is 0 Å². The van der Waals surface area contributed by atoms with E-state index in [0.717, 1.165) is 25.7 Å². The Morgan fingerprint density at radius 1 is 0.559 bits per heavy atom. The van der Waals surface area contributed by atoms with Gasteiger partial charge in [0.15, 0.2) is 0 Å². The summed E-state index contributed by atoms with van der Waals surface area (Å²) in [5.74, 6) is 0. The van der Waals surface area contributed by atoms with Gasteiger partial charge in [-0.25, -0.2) is 0 Å². The molecule has 1 nitrogen and oxygen atoms in total. The van der Waals surface area contributed by atoms with Crippen LogP contribution in [0.15, 0.2) is 120 Å². The lowest BCUT2D eigenvalue weighted by Crippen LogP contribution is -2.37. The van der Waals surface area contributed by atoms with Crippen molar-refractivity contribution in [3.8, 4) is 0 Å². The quantitative estimate of drug-likeness (QED) is 0.307. The van der Waals surface area contributed by atoms with Crippen LogP contribution in [0.3, 0.4) is 0 Å². The largest absolute Gasteiger partial charge is 0.329 e. The van der Waals surface area contributed by atoms with Crippen LogP contribution in [0.5, 0.6) is 0 Å². The first kappa shape index (κ1) is 19.6. The van der Waals surface area contributed by atoms with Crippen LogP contribution in [-0.4, -0.2) is 0 Å². The highest BCUT2D eigenvalue weighted by Gasteiger charge is 2.41. The van der Waals surface area contributed by atoms with Gasteiger partial charge >= 0.3 is 0 Å². The highest BCUT2D eigenvalue weighted by Crippen LogP contribution is 2.55. The molecule has 0 spiro atoms. The fourth-order valence-electron chi connectivity index (χ4n) is 6.36. The molecule has 1 atom stereocenters. The van der Waals surface area contributed by atoms with Gasteiger partial charge in [-0.1, -0.05) is 97.1 Å². The fraction of sp³-hybridized carbons (Fsp3) is 0.152. The van der Waals surface area contributed by atoms with Gasteiger partial charge in [-0.2, -0.15) is 0 Å². The van der Waals surface area contributed by atoms with Crippen molar-refractivity contribution in [2.24, 2.45) is 0 Å². The predicted octanol–water partition coefficient (Wildman–Crippen LogP) is 8.01. The molecule has 0 aromatic heterocycles. The monoisotopic (exact) mass is 437 g/mol. The second-order valence-corrected chi connectivity index (χ2v) is 9.56. The number of hydrogen-bond donors (Lipinski definition) is 0. The Morgan fingerprint density at radius 2 is 1.21 bits per heavy atom. The predicted molar refractivity (Wildman–Crippen MR) is 141 cm³/mol. The lowest BCUT2D eigenvalue weighted by molar-refractivity contribution is 0.683. The first-order chi connectivity index (χ1) is 16.9. The summed E-state index contributed by atoms with van der Waals surface area (Å²) in [4.78, 5) is 2.66. The second kappa shape index (κ2) is 7.88. The highest BCUT2D eigenvalue weighted by atomic mass is 15.2. The van der Waals surface area contributed by atoms with Gasteiger partial charge < -0.3 is 4.90 Å². The number of benzene rings is 4. The van der Waals surface area contributed by atoms with Gasteiger partial charge in [0, 0.05) is 11.3 Å². The standard InChI is InChI=1S/C33H27N/c1-3-13-25(14-4-1)31-29-21-19-23-11-7-9-17-27(23)32(29)34(26-15-5-2-6-16-26)33-28-18-10-8-12-24(28)20-22-30(31)33/h1-18,32H,19-22H2/t32-/m0/s1. The summed E-state index contributed by atoms with van der Waals surface area (Å²) in [6, 6.07) is 40.5. The molecule has 1 heterocycles. The first-order valence-electron chi connectivity index (χ1n) is 12.4. The van der Waals surface area contributed by atoms with E-state index in [1.165, 1.54) is 50.3 Å². The molecule has 4 aromatic rings. The van der Waals surface area contributed by atoms with E-state index in [1.54, 1.807) is 5.57 Å². The third kappa shape index (κ3) is 2.93. The van der Waals surface area contributed by atoms with Gasteiger partial charge in [-0.15, -0.1) is 0 Å². The third-order valence-corrected chi connectivity index (χ3v) is 7.76. The average Bonchev–Trinajstić information content (AvgIpc) is 2.92. The number of allylic oxidation sites excluding steroid dienone is 2. The van der Waals surface area contributed by atoms with Crippen LogP contribution in [0, 0.1) is 0 Å². The van der Waals surface area contributed by atoms with Gasteiger partial charge in [0.1, 0.15) is 0 Å². The van der Waals surface area contributed by atoms with Crippen molar-refractivity contribution in [2.45, 2.75) is 31.7 Å². The fourth-order valence-corrected chi connectivity index (χ4v) is 6.36. The van der Waals surface area contributed by atoms with E-state index < -0.39 is 0 Å². The average molecular weight is 438 g/mol. The van der Waals surface area contributed by atoms with Crippen LogP contribution >= 0.6 is 0 Å². The molecule has 0 saturated heterocycles. The van der Waals surface area contributed by atoms with E-state index in [0.29, 0.717) is 0 Å². The van der Waals surface area contributed by atoms with Gasteiger partial charge in [0.05, 0.1) is 11.7 Å². The summed E-state index contributed by atoms with van der Waals surface area (Å²) < 4.78 is 0. The Balaban J connectivity index is 1.59. The Bertz CT molecular complexity index is 1440. The molecule has 1 heteroatoms. The Kier molecular flexibility index (Phi) is 4.55. The Labute approximate surface area is 201 Å². The van der Waals surface area contributed by atoms with Crippen molar-refractivity contribution in [3.05, 3.63) is 148 Å². The maximum Gasteiger partial charge on any atom is 0.0817 e. The van der Waals surface area contributed by atoms with Gasteiger partial charge in [0.2, 0.25) is 0 Å². The molecular weight excluding hydrogens is 410 g/mol. The maximum absolute atomic E-state index is 2.66. The topological polar surface area (TPSA) is 3.24 Å². The highest BCUT2D eigenvalue weighted by molar-refractivity contribution is 6.00. The SMILES string of the molecule is c1ccc(C2=C3CCc4ccccc4[C@@H]3N(c3ccccc3)C3=C2CCc2ccccc23)cc1. The zero-order chi connectivity index (χ0) is 22.5. The van der Waals surface area contributed by atoms with Crippen molar-refractivity contribution in [3.63, 3.8) is 0 Å². The number of rotatable bonds is 2. The van der Waals surface area contributed by atoms with Gasteiger partial charge in [-0.3, -0.25) is 0 Å². The van der Waals surface area contributed by atoms with Crippen molar-refractivity contribution >= 4 is 17.0 Å². The molecule has 164 valence electrons. The Hall–Kier alpha value is -3.84. The molecular formula is C33H27N. The molecule has 34 heavy (non-hydrogen) atoms. The van der Waals surface area contributed by atoms with Crippen LogP contribution in [0.4, 0.5) is 5.69 Å². The molecule has 0 amide bonds. The first-order valence-corrected chi connectivity index (χ1v) is 12.4. The minimum absolute atomic E-state index is 0.215. The molecule has 0 radical (unpaired) electrons. The van der Waals surface area contributed by atoms with E-state index in [1.807, 2.05) is 0 Å².